The van der Waals surface area contributed by atoms with Crippen LogP contribution in [0.3, 0.4) is 0 Å². The monoisotopic (exact) mass is 422 g/mol. The summed E-state index contributed by atoms with van der Waals surface area (Å²) in [5, 5.41) is 0. The number of carbonyl (C=O) groups is 3. The van der Waals surface area contributed by atoms with E-state index in [2.05, 4.69) is 6.58 Å². The molecule has 31 heavy (non-hydrogen) atoms. The van der Waals surface area contributed by atoms with Gasteiger partial charge < -0.3 is 9.47 Å². The van der Waals surface area contributed by atoms with E-state index in [1.54, 1.807) is 6.08 Å². The van der Waals surface area contributed by atoms with Gasteiger partial charge in [0.2, 0.25) is 0 Å². The second-order valence-electron chi connectivity index (χ2n) is 7.49. The Labute approximate surface area is 184 Å². The van der Waals surface area contributed by atoms with Gasteiger partial charge in [-0.15, -0.1) is 6.58 Å². The highest BCUT2D eigenvalue weighted by Gasteiger charge is 2.29. The van der Waals surface area contributed by atoms with Gasteiger partial charge in [0.15, 0.2) is 0 Å². The Kier molecular flexibility index (Phi) is 10.2. The van der Waals surface area contributed by atoms with Crippen molar-refractivity contribution in [3.05, 3.63) is 84.4 Å². The molecular formula is C26H30O5. The van der Waals surface area contributed by atoms with Gasteiger partial charge in [0, 0.05) is 12.3 Å². The van der Waals surface area contributed by atoms with E-state index in [9.17, 15) is 14.4 Å². The minimum absolute atomic E-state index is 0.0538. The maximum Gasteiger partial charge on any atom is 0.309 e. The first kappa shape index (κ1) is 24.1. The Morgan fingerprint density at radius 2 is 1.52 bits per heavy atom. The Morgan fingerprint density at radius 3 is 2.10 bits per heavy atom. The Bertz CT molecular complexity index is 845. The van der Waals surface area contributed by atoms with Crippen molar-refractivity contribution >= 4 is 17.7 Å². The third kappa shape index (κ3) is 8.59. The zero-order valence-electron chi connectivity index (χ0n) is 18.0. The molecule has 0 N–H and O–H groups in total. The van der Waals surface area contributed by atoms with Crippen molar-refractivity contribution in [2.24, 2.45) is 11.8 Å². The van der Waals surface area contributed by atoms with E-state index in [4.69, 9.17) is 9.47 Å². The number of hydrogen-bond acceptors (Lipinski definition) is 5. The summed E-state index contributed by atoms with van der Waals surface area (Å²) in [6.45, 7) is 3.86. The minimum Gasteiger partial charge on any atom is -0.469 e. The summed E-state index contributed by atoms with van der Waals surface area (Å²) >= 11 is 0. The average Bonchev–Trinajstić information content (AvgIpc) is 2.80. The fraction of sp³-hybridized carbons (Fsp3) is 0.346. The molecule has 0 aliphatic carbocycles. The Morgan fingerprint density at radius 1 is 0.903 bits per heavy atom. The maximum atomic E-state index is 13.1. The molecule has 0 saturated carbocycles. The lowest BCUT2D eigenvalue weighted by molar-refractivity contribution is -0.155. The largest absolute Gasteiger partial charge is 0.469 e. The number of esters is 2. The number of benzene rings is 2. The first-order chi connectivity index (χ1) is 15.0. The summed E-state index contributed by atoms with van der Waals surface area (Å²) < 4.78 is 10.1. The smallest absolute Gasteiger partial charge is 0.309 e. The Hall–Kier alpha value is -3.21. The average molecular weight is 423 g/mol. The van der Waals surface area contributed by atoms with E-state index < -0.39 is 17.9 Å². The molecule has 164 valence electrons. The molecule has 5 nitrogen and oxygen atoms in total. The summed E-state index contributed by atoms with van der Waals surface area (Å²) in [7, 11) is 1.26. The second kappa shape index (κ2) is 13.2. The van der Waals surface area contributed by atoms with Crippen LogP contribution < -0.4 is 0 Å². The number of methoxy groups -OCH3 is 1. The van der Waals surface area contributed by atoms with E-state index in [-0.39, 0.29) is 31.1 Å². The van der Waals surface area contributed by atoms with E-state index in [0.717, 1.165) is 11.1 Å². The van der Waals surface area contributed by atoms with Gasteiger partial charge in [-0.25, -0.2) is 0 Å². The topological polar surface area (TPSA) is 69.7 Å². The standard InChI is InChI=1S/C26H30O5/c1-3-4-15-22(16-20-11-7-5-8-12-20)24(27)17-23(26(29)30-2)18-25(28)31-19-21-13-9-6-10-14-21/h3,5-14,22-23H,1,4,15-19H2,2H3/t22?,23-/m0/s1. The molecular weight excluding hydrogens is 392 g/mol. The van der Waals surface area contributed by atoms with E-state index in [1.807, 2.05) is 60.7 Å². The SMILES string of the molecule is C=CCCC(Cc1ccccc1)C(=O)C[C@@H](CC(=O)OCc1ccccc1)C(=O)OC. The molecule has 0 fully saturated rings. The molecule has 0 spiro atoms. The Balaban J connectivity index is 2.00. The number of ether oxygens (including phenoxy) is 2. The van der Waals surface area contributed by atoms with Crippen molar-refractivity contribution in [3.8, 4) is 0 Å². The molecule has 2 aromatic rings. The lowest BCUT2D eigenvalue weighted by atomic mass is 9.85. The van der Waals surface area contributed by atoms with Crippen molar-refractivity contribution in [3.63, 3.8) is 0 Å². The maximum absolute atomic E-state index is 13.1. The predicted molar refractivity (Wildman–Crippen MR) is 119 cm³/mol. The first-order valence-corrected chi connectivity index (χ1v) is 10.5. The molecule has 0 amide bonds. The van der Waals surface area contributed by atoms with Gasteiger partial charge in [-0.3, -0.25) is 14.4 Å². The van der Waals surface area contributed by atoms with Gasteiger partial charge in [-0.2, -0.15) is 0 Å². The molecule has 0 aliphatic rings. The molecule has 2 rings (SSSR count). The molecule has 2 aromatic carbocycles. The van der Waals surface area contributed by atoms with Crippen LogP contribution in [0.25, 0.3) is 0 Å². The van der Waals surface area contributed by atoms with Crippen LogP contribution in [-0.2, 0) is 36.9 Å². The normalized spacial score (nSPS) is 12.4. The van der Waals surface area contributed by atoms with Gasteiger partial charge >= 0.3 is 11.9 Å². The molecule has 2 atom stereocenters. The molecule has 0 aromatic heterocycles. The third-order valence-electron chi connectivity index (χ3n) is 5.14. The van der Waals surface area contributed by atoms with Crippen molar-refractivity contribution in [1.29, 1.82) is 0 Å². The molecule has 0 heterocycles. The highest BCUT2D eigenvalue weighted by Crippen LogP contribution is 2.22. The van der Waals surface area contributed by atoms with Gasteiger partial charge in [-0.1, -0.05) is 66.7 Å². The van der Waals surface area contributed by atoms with Crippen molar-refractivity contribution < 1.29 is 23.9 Å². The van der Waals surface area contributed by atoms with Gasteiger partial charge in [0.05, 0.1) is 19.4 Å². The number of hydrogen-bond donors (Lipinski definition) is 0. The van der Waals surface area contributed by atoms with Crippen LogP contribution in [0.15, 0.2) is 73.3 Å². The number of allylic oxidation sites excluding steroid dienone is 1. The fourth-order valence-corrected chi connectivity index (χ4v) is 3.41. The zero-order chi connectivity index (χ0) is 22.5. The van der Waals surface area contributed by atoms with Crippen LogP contribution in [0.4, 0.5) is 0 Å². The highest BCUT2D eigenvalue weighted by molar-refractivity contribution is 5.88. The van der Waals surface area contributed by atoms with Crippen LogP contribution in [0, 0.1) is 11.8 Å². The first-order valence-electron chi connectivity index (χ1n) is 10.5. The number of rotatable bonds is 13. The third-order valence-corrected chi connectivity index (χ3v) is 5.14. The summed E-state index contributed by atoms with van der Waals surface area (Å²) in [5.41, 5.74) is 1.91. The molecule has 0 aliphatic heterocycles. The fourth-order valence-electron chi connectivity index (χ4n) is 3.41. The summed E-state index contributed by atoms with van der Waals surface area (Å²) in [6.07, 6.45) is 3.46. The minimum atomic E-state index is -0.859. The van der Waals surface area contributed by atoms with Crippen LogP contribution in [0.5, 0.6) is 0 Å². The number of ketones is 1. The molecule has 0 saturated heterocycles. The highest BCUT2D eigenvalue weighted by atomic mass is 16.5. The quantitative estimate of drug-likeness (QED) is 0.346. The van der Waals surface area contributed by atoms with E-state index in [1.165, 1.54) is 7.11 Å². The summed E-state index contributed by atoms with van der Waals surface area (Å²) in [4.78, 5) is 37.6. The van der Waals surface area contributed by atoms with Crippen LogP contribution in [0.2, 0.25) is 0 Å². The van der Waals surface area contributed by atoms with E-state index >= 15 is 0 Å². The predicted octanol–water partition coefficient (Wildman–Crippen LogP) is 4.69. The molecule has 0 bridgehead atoms. The second-order valence-corrected chi connectivity index (χ2v) is 7.49. The summed E-state index contributed by atoms with van der Waals surface area (Å²) in [5.74, 6) is -2.28. The van der Waals surface area contributed by atoms with Crippen molar-refractivity contribution in [2.45, 2.75) is 38.7 Å². The van der Waals surface area contributed by atoms with Gasteiger partial charge in [0.25, 0.3) is 0 Å². The lowest BCUT2D eigenvalue weighted by Crippen LogP contribution is -2.27. The van der Waals surface area contributed by atoms with Gasteiger partial charge in [-0.05, 0) is 30.4 Å². The van der Waals surface area contributed by atoms with Crippen LogP contribution in [-0.4, -0.2) is 24.8 Å². The molecule has 1 unspecified atom stereocenters. The molecule has 0 radical (unpaired) electrons. The number of carbonyl (C=O) groups excluding carboxylic acids is 3. The van der Waals surface area contributed by atoms with Crippen LogP contribution >= 0.6 is 0 Å². The van der Waals surface area contributed by atoms with Crippen LogP contribution in [0.1, 0.15) is 36.8 Å². The van der Waals surface area contributed by atoms with E-state index in [0.29, 0.717) is 19.3 Å². The van der Waals surface area contributed by atoms with Crippen molar-refractivity contribution in [1.82, 2.24) is 0 Å². The van der Waals surface area contributed by atoms with Crippen molar-refractivity contribution in [2.75, 3.05) is 7.11 Å². The summed E-state index contributed by atoms with van der Waals surface area (Å²) in [6, 6.07) is 19.0. The van der Waals surface area contributed by atoms with Gasteiger partial charge in [0.1, 0.15) is 12.4 Å². The lowest BCUT2D eigenvalue weighted by Gasteiger charge is -2.19. The zero-order valence-corrected chi connectivity index (χ0v) is 18.0. The number of Topliss-reactive ketones (excluding diaryl/α,β-unsaturated/α-hetero) is 1. The molecule has 5 heteroatoms.